The first-order valence-corrected chi connectivity index (χ1v) is 7.34. The highest BCUT2D eigenvalue weighted by Gasteiger charge is 2.28. The molecule has 0 radical (unpaired) electrons. The minimum Gasteiger partial charge on any atom is -0.375 e. The van der Waals surface area contributed by atoms with E-state index in [1.807, 2.05) is 18.4 Å². The summed E-state index contributed by atoms with van der Waals surface area (Å²) >= 11 is 4.99. The lowest BCUT2D eigenvalue weighted by Crippen LogP contribution is -2.40. The van der Waals surface area contributed by atoms with Crippen LogP contribution in [0.2, 0.25) is 0 Å². The van der Waals surface area contributed by atoms with E-state index in [1.165, 1.54) is 0 Å². The van der Waals surface area contributed by atoms with Crippen molar-refractivity contribution in [3.63, 3.8) is 0 Å². The molecule has 3 heterocycles. The summed E-state index contributed by atoms with van der Waals surface area (Å²) in [5.41, 5.74) is 0. The quantitative estimate of drug-likeness (QED) is 0.917. The van der Waals surface area contributed by atoms with Crippen LogP contribution in [-0.2, 0) is 4.74 Å². The molecule has 2 atom stereocenters. The number of rotatable bonds is 2. The molecular weight excluding hydrogens is 318 g/mol. The molecule has 18 heavy (non-hydrogen) atoms. The first-order valence-electron chi connectivity index (χ1n) is 5.67. The number of hydrogen-bond acceptors (Lipinski definition) is 6. The molecule has 7 heteroatoms. The Morgan fingerprint density at radius 1 is 1.56 bits per heavy atom. The van der Waals surface area contributed by atoms with Crippen LogP contribution < -0.4 is 5.32 Å². The largest absolute Gasteiger partial charge is 0.375 e. The summed E-state index contributed by atoms with van der Waals surface area (Å²) in [6, 6.07) is 1.96. The molecule has 0 aliphatic carbocycles. The minimum absolute atomic E-state index is 0.0246. The molecule has 2 aromatic heterocycles. The van der Waals surface area contributed by atoms with Crippen LogP contribution in [0.3, 0.4) is 0 Å². The zero-order valence-corrected chi connectivity index (χ0v) is 12.1. The fourth-order valence-corrected chi connectivity index (χ4v) is 3.25. The van der Waals surface area contributed by atoms with Crippen LogP contribution in [0, 0.1) is 0 Å². The van der Waals surface area contributed by atoms with Gasteiger partial charge >= 0.3 is 0 Å². The predicted molar refractivity (Wildman–Crippen MR) is 71.5 cm³/mol. The average Bonchev–Trinajstić information content (AvgIpc) is 2.98. The van der Waals surface area contributed by atoms with E-state index in [0.29, 0.717) is 11.7 Å². The molecular formula is C11H12BrN3O2S. The van der Waals surface area contributed by atoms with Crippen LogP contribution in [-0.4, -0.2) is 29.4 Å². The summed E-state index contributed by atoms with van der Waals surface area (Å²) in [6.07, 6.45) is 0.0436. The van der Waals surface area contributed by atoms with E-state index in [-0.39, 0.29) is 12.1 Å². The molecule has 0 bridgehead atoms. The number of nitrogens with zero attached hydrogens (tertiary/aromatic N) is 2. The first-order chi connectivity index (χ1) is 8.74. The van der Waals surface area contributed by atoms with Crippen molar-refractivity contribution in [3.8, 4) is 10.7 Å². The van der Waals surface area contributed by atoms with Crippen LogP contribution >= 0.6 is 27.3 Å². The highest BCUT2D eigenvalue weighted by Crippen LogP contribution is 2.29. The predicted octanol–water partition coefficient (Wildman–Crippen LogP) is 2.61. The number of hydrogen-bond donors (Lipinski definition) is 1. The third-order valence-electron chi connectivity index (χ3n) is 2.81. The lowest BCUT2D eigenvalue weighted by molar-refractivity contribution is -0.00136. The zero-order chi connectivity index (χ0) is 12.5. The van der Waals surface area contributed by atoms with Crippen molar-refractivity contribution in [3.05, 3.63) is 21.8 Å². The van der Waals surface area contributed by atoms with Gasteiger partial charge in [0, 0.05) is 16.4 Å². The van der Waals surface area contributed by atoms with Gasteiger partial charge in [0.25, 0.3) is 0 Å². The number of thiophene rings is 1. The van der Waals surface area contributed by atoms with Crippen LogP contribution in [0.4, 0.5) is 0 Å². The van der Waals surface area contributed by atoms with Gasteiger partial charge in [-0.1, -0.05) is 5.16 Å². The number of halogens is 1. The van der Waals surface area contributed by atoms with Crippen LogP contribution in [0.25, 0.3) is 10.7 Å². The number of nitrogens with one attached hydrogen (secondary N) is 1. The monoisotopic (exact) mass is 329 g/mol. The maximum atomic E-state index is 5.57. The summed E-state index contributed by atoms with van der Waals surface area (Å²) in [4.78, 5) is 5.42. The van der Waals surface area contributed by atoms with E-state index in [1.54, 1.807) is 11.3 Å². The molecule has 0 amide bonds. The second-order valence-electron chi connectivity index (χ2n) is 4.09. The molecule has 1 saturated heterocycles. The van der Waals surface area contributed by atoms with Gasteiger partial charge in [-0.3, -0.25) is 0 Å². The summed E-state index contributed by atoms with van der Waals surface area (Å²) in [6.45, 7) is 3.52. The highest BCUT2D eigenvalue weighted by atomic mass is 79.9. The van der Waals surface area contributed by atoms with Crippen molar-refractivity contribution in [1.82, 2.24) is 15.5 Å². The molecule has 0 aromatic carbocycles. The molecule has 0 spiro atoms. The van der Waals surface area contributed by atoms with Gasteiger partial charge in [-0.25, -0.2) is 0 Å². The molecule has 0 unspecified atom stereocenters. The highest BCUT2D eigenvalue weighted by molar-refractivity contribution is 9.10. The Kier molecular flexibility index (Phi) is 3.47. The Morgan fingerprint density at radius 3 is 3.17 bits per heavy atom. The second kappa shape index (κ2) is 5.08. The second-order valence-corrected chi connectivity index (χ2v) is 5.92. The molecule has 1 aliphatic rings. The molecule has 0 saturated carbocycles. The fraction of sp³-hybridized carbons (Fsp3) is 0.455. The molecule has 5 nitrogen and oxygen atoms in total. The smallest absolute Gasteiger partial charge is 0.246 e. The van der Waals surface area contributed by atoms with E-state index < -0.39 is 0 Å². The van der Waals surface area contributed by atoms with Crippen molar-refractivity contribution in [2.45, 2.75) is 19.1 Å². The van der Waals surface area contributed by atoms with Gasteiger partial charge in [0.15, 0.2) is 0 Å². The summed E-state index contributed by atoms with van der Waals surface area (Å²) in [5, 5.41) is 9.34. The van der Waals surface area contributed by atoms with Crippen molar-refractivity contribution >= 4 is 27.3 Å². The normalized spacial score (nSPS) is 24.3. The van der Waals surface area contributed by atoms with Crippen molar-refractivity contribution < 1.29 is 9.26 Å². The van der Waals surface area contributed by atoms with E-state index >= 15 is 0 Å². The van der Waals surface area contributed by atoms with Crippen molar-refractivity contribution in [2.24, 2.45) is 0 Å². The minimum atomic E-state index is -0.0246. The van der Waals surface area contributed by atoms with E-state index in [9.17, 15) is 0 Å². The lowest BCUT2D eigenvalue weighted by atomic mass is 10.1. The number of aromatic nitrogens is 2. The summed E-state index contributed by atoms with van der Waals surface area (Å²) in [7, 11) is 0. The molecule has 2 aromatic rings. The van der Waals surface area contributed by atoms with Gasteiger partial charge in [-0.2, -0.15) is 4.98 Å². The SMILES string of the molecule is C[C@H]1OCCN[C@@H]1c1nc(-c2cc(Br)cs2)no1. The number of ether oxygens (including phenoxy) is 1. The van der Waals surface area contributed by atoms with E-state index in [2.05, 4.69) is 31.4 Å². The third kappa shape index (κ3) is 2.35. The molecule has 96 valence electrons. The lowest BCUT2D eigenvalue weighted by Gasteiger charge is -2.27. The van der Waals surface area contributed by atoms with Crippen molar-refractivity contribution in [2.75, 3.05) is 13.2 Å². The van der Waals surface area contributed by atoms with E-state index in [0.717, 1.165) is 22.5 Å². The van der Waals surface area contributed by atoms with Gasteiger partial charge in [0.2, 0.25) is 11.7 Å². The number of morpholine rings is 1. The van der Waals surface area contributed by atoms with Gasteiger partial charge < -0.3 is 14.6 Å². The van der Waals surface area contributed by atoms with Crippen molar-refractivity contribution in [1.29, 1.82) is 0 Å². The standard InChI is InChI=1S/C11H12BrN3O2S/c1-6-9(13-2-3-16-6)11-14-10(15-17-11)8-4-7(12)5-18-8/h4-6,9,13H,2-3H2,1H3/t6-,9+/m1/s1. The van der Waals surface area contributed by atoms with Crippen LogP contribution in [0.1, 0.15) is 18.9 Å². The summed E-state index contributed by atoms with van der Waals surface area (Å²) in [5.74, 6) is 1.21. The Hall–Kier alpha value is -0.760. The maximum absolute atomic E-state index is 5.57. The Labute approximate surface area is 117 Å². The summed E-state index contributed by atoms with van der Waals surface area (Å²) < 4.78 is 11.9. The van der Waals surface area contributed by atoms with Crippen LogP contribution in [0.15, 0.2) is 20.4 Å². The van der Waals surface area contributed by atoms with Gasteiger partial charge in [0.05, 0.1) is 17.6 Å². The first kappa shape index (κ1) is 12.3. The average molecular weight is 330 g/mol. The van der Waals surface area contributed by atoms with Gasteiger partial charge in [-0.05, 0) is 28.9 Å². The topological polar surface area (TPSA) is 60.2 Å². The van der Waals surface area contributed by atoms with Crippen LogP contribution in [0.5, 0.6) is 0 Å². The fourth-order valence-electron chi connectivity index (χ4n) is 1.90. The Bertz CT molecular complexity index is 542. The van der Waals surface area contributed by atoms with Gasteiger partial charge in [0.1, 0.15) is 6.04 Å². The molecule has 1 N–H and O–H groups in total. The zero-order valence-electron chi connectivity index (χ0n) is 9.72. The molecule has 1 aliphatic heterocycles. The third-order valence-corrected chi connectivity index (χ3v) is 4.50. The maximum Gasteiger partial charge on any atom is 0.246 e. The van der Waals surface area contributed by atoms with Gasteiger partial charge in [-0.15, -0.1) is 11.3 Å². The molecule has 3 rings (SSSR count). The molecule has 1 fully saturated rings. The Morgan fingerprint density at radius 2 is 2.44 bits per heavy atom. The van der Waals surface area contributed by atoms with E-state index in [4.69, 9.17) is 9.26 Å². The Balaban J connectivity index is 1.84.